The van der Waals surface area contributed by atoms with E-state index in [2.05, 4.69) is 5.32 Å². The molecule has 90 valence electrons. The molecule has 6 nitrogen and oxygen atoms in total. The lowest BCUT2D eigenvalue weighted by Gasteiger charge is -2.32. The van der Waals surface area contributed by atoms with Crippen LogP contribution in [0, 0.1) is 0 Å². The highest BCUT2D eigenvalue weighted by Crippen LogP contribution is 2.07. The van der Waals surface area contributed by atoms with Crippen molar-refractivity contribution < 1.29 is 19.5 Å². The molecular weight excluding hydrogens is 224 g/mol. The van der Waals surface area contributed by atoms with Crippen LogP contribution in [0.4, 0.5) is 4.79 Å². The Balaban J connectivity index is 1.73. The monoisotopic (exact) mass is 236 g/mol. The van der Waals surface area contributed by atoms with E-state index in [4.69, 9.17) is 9.94 Å². The molecule has 17 heavy (non-hydrogen) atoms. The van der Waals surface area contributed by atoms with Crippen molar-refractivity contribution in [3.63, 3.8) is 0 Å². The Bertz CT molecular complexity index is 421. The van der Waals surface area contributed by atoms with Crippen molar-refractivity contribution in [1.29, 1.82) is 0 Å². The predicted octanol–water partition coefficient (Wildman–Crippen LogP) is 0.513. The van der Waals surface area contributed by atoms with E-state index >= 15 is 0 Å². The van der Waals surface area contributed by atoms with Gasteiger partial charge in [0.1, 0.15) is 12.6 Å². The summed E-state index contributed by atoms with van der Waals surface area (Å²) in [5.74, 6) is -0.526. The normalized spacial score (nSPS) is 18.5. The van der Waals surface area contributed by atoms with Crippen LogP contribution < -0.4 is 5.32 Å². The van der Waals surface area contributed by atoms with Crippen molar-refractivity contribution in [1.82, 2.24) is 10.4 Å². The van der Waals surface area contributed by atoms with Gasteiger partial charge < -0.3 is 10.1 Å². The number of carbonyl (C=O) groups excluding carboxylic acids is 2. The molecule has 1 aliphatic heterocycles. The lowest BCUT2D eigenvalue weighted by Crippen LogP contribution is -2.62. The van der Waals surface area contributed by atoms with Crippen LogP contribution in [0.1, 0.15) is 5.56 Å². The molecule has 1 saturated heterocycles. The smallest absolute Gasteiger partial charge is 0.408 e. The summed E-state index contributed by atoms with van der Waals surface area (Å²) in [4.78, 5) is 22.3. The first-order valence-corrected chi connectivity index (χ1v) is 5.14. The second kappa shape index (κ2) is 4.84. The summed E-state index contributed by atoms with van der Waals surface area (Å²) in [6.07, 6.45) is -0.666. The topological polar surface area (TPSA) is 78.9 Å². The largest absolute Gasteiger partial charge is 0.445 e. The predicted molar refractivity (Wildman–Crippen MR) is 57.1 cm³/mol. The lowest BCUT2D eigenvalue weighted by molar-refractivity contribution is -0.190. The molecule has 0 bridgehead atoms. The van der Waals surface area contributed by atoms with Crippen LogP contribution in [0.15, 0.2) is 30.3 Å². The van der Waals surface area contributed by atoms with Crippen LogP contribution in [0.2, 0.25) is 0 Å². The number of amides is 2. The maximum absolute atomic E-state index is 11.3. The molecule has 1 aromatic rings. The molecule has 1 fully saturated rings. The van der Waals surface area contributed by atoms with Gasteiger partial charge in [-0.15, -0.1) is 0 Å². The van der Waals surface area contributed by atoms with E-state index < -0.39 is 18.0 Å². The number of nitrogens with one attached hydrogen (secondary N) is 1. The van der Waals surface area contributed by atoms with Gasteiger partial charge >= 0.3 is 6.09 Å². The van der Waals surface area contributed by atoms with Gasteiger partial charge in [0.2, 0.25) is 0 Å². The maximum Gasteiger partial charge on any atom is 0.408 e. The third-order valence-corrected chi connectivity index (χ3v) is 2.41. The molecule has 1 atom stereocenters. The first-order valence-electron chi connectivity index (χ1n) is 5.14. The van der Waals surface area contributed by atoms with Crippen LogP contribution in [-0.2, 0) is 16.1 Å². The molecular formula is C11H12N2O4. The van der Waals surface area contributed by atoms with Gasteiger partial charge in [-0.2, -0.15) is 0 Å². The summed E-state index contributed by atoms with van der Waals surface area (Å²) in [6.45, 7) is 0.246. The molecule has 1 aliphatic rings. The maximum atomic E-state index is 11.3. The van der Waals surface area contributed by atoms with Crippen LogP contribution >= 0.6 is 0 Å². The van der Waals surface area contributed by atoms with Crippen LogP contribution in [0.3, 0.4) is 0 Å². The molecule has 0 unspecified atom stereocenters. The van der Waals surface area contributed by atoms with E-state index in [1.165, 1.54) is 0 Å². The van der Waals surface area contributed by atoms with E-state index in [9.17, 15) is 9.59 Å². The quantitative estimate of drug-likeness (QED) is 0.592. The number of hydrogen-bond donors (Lipinski definition) is 2. The molecule has 0 radical (unpaired) electrons. The zero-order valence-corrected chi connectivity index (χ0v) is 9.00. The fraction of sp³-hybridized carbons (Fsp3) is 0.273. The molecule has 2 amide bonds. The number of alkyl carbamates (subject to hydrolysis) is 1. The highest BCUT2D eigenvalue weighted by Gasteiger charge is 2.37. The van der Waals surface area contributed by atoms with Gasteiger partial charge in [0.15, 0.2) is 0 Å². The van der Waals surface area contributed by atoms with Gasteiger partial charge in [-0.1, -0.05) is 30.3 Å². The van der Waals surface area contributed by atoms with Gasteiger partial charge in [0.05, 0.1) is 6.54 Å². The molecule has 0 aliphatic carbocycles. The number of carbonyl (C=O) groups is 2. The lowest BCUT2D eigenvalue weighted by atomic mass is 10.1. The number of hydroxylamine groups is 2. The summed E-state index contributed by atoms with van der Waals surface area (Å²) < 4.78 is 4.92. The molecule has 0 spiro atoms. The van der Waals surface area contributed by atoms with Crippen molar-refractivity contribution in [3.8, 4) is 0 Å². The number of β-lactam (4-membered cyclic amide) rings is 1. The summed E-state index contributed by atoms with van der Waals surface area (Å²) in [6, 6.07) is 8.54. The highest BCUT2D eigenvalue weighted by molar-refractivity contribution is 5.89. The van der Waals surface area contributed by atoms with E-state index in [0.29, 0.717) is 5.06 Å². The van der Waals surface area contributed by atoms with E-state index in [1.54, 1.807) is 0 Å². The number of rotatable bonds is 3. The fourth-order valence-electron chi connectivity index (χ4n) is 1.42. The van der Waals surface area contributed by atoms with E-state index in [-0.39, 0.29) is 13.2 Å². The minimum atomic E-state index is -0.678. The second-order valence-corrected chi connectivity index (χ2v) is 3.68. The average molecular weight is 236 g/mol. The molecule has 2 rings (SSSR count). The number of ether oxygens (including phenoxy) is 1. The molecule has 1 aromatic carbocycles. The SMILES string of the molecule is O=C(N[C@@H]1CN(O)C1=O)OCc1ccccc1. The molecule has 2 N–H and O–H groups in total. The zero-order valence-electron chi connectivity index (χ0n) is 9.00. The van der Waals surface area contributed by atoms with Gasteiger partial charge in [-0.25, -0.2) is 9.86 Å². The van der Waals surface area contributed by atoms with Crippen molar-refractivity contribution in [2.75, 3.05) is 6.54 Å². The van der Waals surface area contributed by atoms with E-state index in [0.717, 1.165) is 5.56 Å². The van der Waals surface area contributed by atoms with Crippen molar-refractivity contribution in [2.45, 2.75) is 12.6 Å². The minimum Gasteiger partial charge on any atom is -0.445 e. The second-order valence-electron chi connectivity index (χ2n) is 3.68. The Kier molecular flexibility index (Phi) is 3.24. The summed E-state index contributed by atoms with van der Waals surface area (Å²) in [5.41, 5.74) is 0.867. The van der Waals surface area contributed by atoms with Gasteiger partial charge in [0.25, 0.3) is 5.91 Å². The Labute approximate surface area is 97.7 Å². The average Bonchev–Trinajstić information content (AvgIpc) is 2.37. The number of nitrogens with zero attached hydrogens (tertiary/aromatic N) is 1. The number of hydrogen-bond acceptors (Lipinski definition) is 4. The molecule has 6 heteroatoms. The minimum absolute atomic E-state index is 0.0965. The third-order valence-electron chi connectivity index (χ3n) is 2.41. The Morgan fingerprint density at radius 3 is 2.76 bits per heavy atom. The summed E-state index contributed by atoms with van der Waals surface area (Å²) >= 11 is 0. The van der Waals surface area contributed by atoms with Gasteiger partial charge in [-0.05, 0) is 5.56 Å². The van der Waals surface area contributed by atoms with Crippen LogP contribution in [0.5, 0.6) is 0 Å². The fourth-order valence-corrected chi connectivity index (χ4v) is 1.42. The highest BCUT2D eigenvalue weighted by atomic mass is 16.6. The standard InChI is InChI=1S/C11H12N2O4/c14-10-9(6-13(10)16)12-11(15)17-7-8-4-2-1-3-5-8/h1-5,9,16H,6-7H2,(H,12,15)/t9-/m1/s1. The van der Waals surface area contributed by atoms with Gasteiger partial charge in [-0.3, -0.25) is 10.0 Å². The van der Waals surface area contributed by atoms with Crippen molar-refractivity contribution >= 4 is 12.0 Å². The molecule has 1 heterocycles. The molecule has 0 aromatic heterocycles. The van der Waals surface area contributed by atoms with Crippen molar-refractivity contribution in [3.05, 3.63) is 35.9 Å². The first kappa shape index (κ1) is 11.4. The summed E-state index contributed by atoms with van der Waals surface area (Å²) in [5, 5.41) is 11.7. The Morgan fingerprint density at radius 2 is 2.18 bits per heavy atom. The summed E-state index contributed by atoms with van der Waals surface area (Å²) in [7, 11) is 0. The third kappa shape index (κ3) is 2.73. The van der Waals surface area contributed by atoms with E-state index in [1.807, 2.05) is 30.3 Å². The number of benzene rings is 1. The van der Waals surface area contributed by atoms with Crippen LogP contribution in [-0.4, -0.2) is 34.9 Å². The van der Waals surface area contributed by atoms with Crippen LogP contribution in [0.25, 0.3) is 0 Å². The molecule has 0 saturated carbocycles. The Hall–Kier alpha value is -2.08. The van der Waals surface area contributed by atoms with Crippen molar-refractivity contribution in [2.24, 2.45) is 0 Å². The first-order chi connectivity index (χ1) is 8.16. The zero-order chi connectivity index (χ0) is 12.3. The Morgan fingerprint density at radius 1 is 1.47 bits per heavy atom. The van der Waals surface area contributed by atoms with Gasteiger partial charge in [0, 0.05) is 0 Å².